The monoisotopic (exact) mass is 213 g/mol. The molecule has 1 rings (SSSR count). The fraction of sp³-hybridized carbons (Fsp3) is 0.818. The van der Waals surface area contributed by atoms with Crippen molar-refractivity contribution in [1.29, 1.82) is 0 Å². The van der Waals surface area contributed by atoms with Gasteiger partial charge in [-0.2, -0.15) is 0 Å². The minimum absolute atomic E-state index is 0.230. The van der Waals surface area contributed by atoms with Gasteiger partial charge in [-0.05, 0) is 13.1 Å². The predicted octanol–water partition coefficient (Wildman–Crippen LogP) is 0.367. The van der Waals surface area contributed by atoms with Gasteiger partial charge in [0.25, 0.3) is 0 Å². The summed E-state index contributed by atoms with van der Waals surface area (Å²) in [6.45, 7) is 10.7. The van der Waals surface area contributed by atoms with Crippen molar-refractivity contribution in [2.45, 2.75) is 13.8 Å². The zero-order valence-electron chi connectivity index (χ0n) is 9.89. The summed E-state index contributed by atoms with van der Waals surface area (Å²) < 4.78 is 0. The van der Waals surface area contributed by atoms with Gasteiger partial charge in [-0.1, -0.05) is 13.8 Å². The Labute approximate surface area is 92.8 Å². The molecule has 0 aromatic heterocycles. The van der Waals surface area contributed by atoms with Crippen LogP contribution in [-0.2, 0) is 0 Å². The lowest BCUT2D eigenvalue weighted by Gasteiger charge is -2.24. The molecule has 0 spiro atoms. The van der Waals surface area contributed by atoms with Crippen molar-refractivity contribution in [2.75, 3.05) is 46.0 Å². The van der Waals surface area contributed by atoms with E-state index in [1.807, 2.05) is 0 Å². The highest BCUT2D eigenvalue weighted by Crippen LogP contribution is 2.05. The van der Waals surface area contributed by atoms with E-state index in [-0.39, 0.29) is 6.61 Å². The van der Waals surface area contributed by atoms with Gasteiger partial charge in [0.05, 0.1) is 13.3 Å². The summed E-state index contributed by atoms with van der Waals surface area (Å²) in [5, 5.41) is 8.80. The second-order valence-electron chi connectivity index (χ2n) is 3.81. The summed E-state index contributed by atoms with van der Waals surface area (Å²) in [5.41, 5.74) is 0. The minimum Gasteiger partial charge on any atom is -0.395 e. The zero-order chi connectivity index (χ0) is 11.1. The van der Waals surface area contributed by atoms with Crippen LogP contribution >= 0.6 is 0 Å². The lowest BCUT2D eigenvalue weighted by atomic mass is 10.4. The van der Waals surface area contributed by atoms with Gasteiger partial charge in [0.2, 0.25) is 0 Å². The largest absolute Gasteiger partial charge is 0.395 e. The van der Waals surface area contributed by atoms with Gasteiger partial charge >= 0.3 is 0 Å². The Morgan fingerprint density at radius 3 is 2.27 bits per heavy atom. The van der Waals surface area contributed by atoms with Gasteiger partial charge in [-0.3, -0.25) is 0 Å². The van der Waals surface area contributed by atoms with Crippen LogP contribution in [0.1, 0.15) is 13.8 Å². The van der Waals surface area contributed by atoms with Gasteiger partial charge in [-0.15, -0.1) is 0 Å². The van der Waals surface area contributed by atoms with Crippen molar-refractivity contribution in [3.63, 3.8) is 0 Å². The minimum atomic E-state index is 0.230. The van der Waals surface area contributed by atoms with E-state index in [0.29, 0.717) is 0 Å². The fourth-order valence-electron chi connectivity index (χ4n) is 1.74. The molecule has 0 bridgehead atoms. The van der Waals surface area contributed by atoms with Crippen molar-refractivity contribution in [3.8, 4) is 0 Å². The molecular weight excluding hydrogens is 190 g/mol. The number of aliphatic hydroxyl groups excluding tert-OH is 1. The second kappa shape index (κ2) is 6.69. The Kier molecular flexibility index (Phi) is 5.50. The summed E-state index contributed by atoms with van der Waals surface area (Å²) >= 11 is 0. The molecule has 0 amide bonds. The molecule has 1 aliphatic heterocycles. The molecule has 0 unspecified atom stereocenters. The molecule has 0 fully saturated rings. The van der Waals surface area contributed by atoms with Crippen LogP contribution in [0.15, 0.2) is 12.4 Å². The van der Waals surface area contributed by atoms with E-state index in [0.717, 1.165) is 39.4 Å². The van der Waals surface area contributed by atoms with E-state index in [2.05, 4.69) is 40.9 Å². The molecule has 0 radical (unpaired) electrons. The van der Waals surface area contributed by atoms with Gasteiger partial charge in [0.1, 0.15) is 0 Å². The van der Waals surface area contributed by atoms with Crippen LogP contribution in [0.2, 0.25) is 0 Å². The Balaban J connectivity index is 2.16. The zero-order valence-corrected chi connectivity index (χ0v) is 9.89. The third-order valence-corrected chi connectivity index (χ3v) is 2.84. The first kappa shape index (κ1) is 12.3. The van der Waals surface area contributed by atoms with Gasteiger partial charge in [0, 0.05) is 32.0 Å². The van der Waals surface area contributed by atoms with Crippen LogP contribution in [0.3, 0.4) is 0 Å². The first-order chi connectivity index (χ1) is 7.30. The topological polar surface area (TPSA) is 30.0 Å². The Hall–Kier alpha value is -0.740. The van der Waals surface area contributed by atoms with Crippen molar-refractivity contribution in [1.82, 2.24) is 14.7 Å². The van der Waals surface area contributed by atoms with E-state index in [9.17, 15) is 0 Å². The van der Waals surface area contributed by atoms with Gasteiger partial charge in [0.15, 0.2) is 0 Å². The van der Waals surface area contributed by atoms with E-state index in [1.165, 1.54) is 0 Å². The first-order valence-corrected chi connectivity index (χ1v) is 5.79. The second-order valence-corrected chi connectivity index (χ2v) is 3.81. The number of aliphatic hydroxyl groups is 1. The van der Waals surface area contributed by atoms with Crippen LogP contribution in [-0.4, -0.2) is 65.8 Å². The quantitative estimate of drug-likeness (QED) is 0.661. The molecule has 15 heavy (non-hydrogen) atoms. The molecule has 0 aromatic carbocycles. The fourth-order valence-corrected chi connectivity index (χ4v) is 1.74. The normalized spacial score (nSPS) is 15.7. The average molecular weight is 213 g/mol. The number of hydrogen-bond acceptors (Lipinski definition) is 4. The Morgan fingerprint density at radius 1 is 1.13 bits per heavy atom. The van der Waals surface area contributed by atoms with Crippen LogP contribution in [0.4, 0.5) is 0 Å². The highest BCUT2D eigenvalue weighted by Gasteiger charge is 2.11. The molecular formula is C11H23N3O. The number of β-amino-alcohol motifs (C(OH)–C–C–N with tert-alkyl or cyclic N) is 1. The maximum absolute atomic E-state index is 8.80. The molecule has 4 nitrogen and oxygen atoms in total. The van der Waals surface area contributed by atoms with Gasteiger partial charge in [-0.25, -0.2) is 0 Å². The highest BCUT2D eigenvalue weighted by atomic mass is 16.3. The van der Waals surface area contributed by atoms with Crippen LogP contribution in [0.25, 0.3) is 0 Å². The standard InChI is InChI=1S/C11H23N3O/c1-3-12(4-2)5-6-13-7-8-14(11-13)9-10-15/h7-8,15H,3-6,9-11H2,1-2H3. The SMILES string of the molecule is CCN(CC)CCN1C=CN(CCO)C1. The predicted molar refractivity (Wildman–Crippen MR) is 62.3 cm³/mol. The number of rotatable bonds is 7. The van der Waals surface area contributed by atoms with E-state index >= 15 is 0 Å². The van der Waals surface area contributed by atoms with Gasteiger partial charge < -0.3 is 19.8 Å². The summed E-state index contributed by atoms with van der Waals surface area (Å²) in [5.74, 6) is 0. The molecule has 1 aliphatic rings. The Morgan fingerprint density at radius 2 is 1.73 bits per heavy atom. The molecule has 1 heterocycles. The lowest BCUT2D eigenvalue weighted by molar-refractivity contribution is 0.191. The van der Waals surface area contributed by atoms with E-state index in [1.54, 1.807) is 0 Å². The highest BCUT2D eigenvalue weighted by molar-refractivity contribution is 4.90. The summed E-state index contributed by atoms with van der Waals surface area (Å²) in [6.07, 6.45) is 4.16. The molecule has 0 aromatic rings. The average Bonchev–Trinajstić information content (AvgIpc) is 2.68. The molecule has 0 aliphatic carbocycles. The number of nitrogens with zero attached hydrogens (tertiary/aromatic N) is 3. The maximum Gasteiger partial charge on any atom is 0.0895 e. The summed E-state index contributed by atoms with van der Waals surface area (Å²) in [7, 11) is 0. The van der Waals surface area contributed by atoms with Crippen molar-refractivity contribution < 1.29 is 5.11 Å². The molecule has 0 saturated heterocycles. The first-order valence-electron chi connectivity index (χ1n) is 5.79. The Bertz CT molecular complexity index is 192. The van der Waals surface area contributed by atoms with Crippen molar-refractivity contribution in [2.24, 2.45) is 0 Å². The third-order valence-electron chi connectivity index (χ3n) is 2.84. The molecule has 88 valence electrons. The summed E-state index contributed by atoms with van der Waals surface area (Å²) in [4.78, 5) is 6.83. The number of likely N-dealkylation sites (N-methyl/N-ethyl adjacent to an activating group) is 1. The molecule has 4 heteroatoms. The number of hydrogen-bond donors (Lipinski definition) is 1. The maximum atomic E-state index is 8.80. The van der Waals surface area contributed by atoms with Crippen LogP contribution < -0.4 is 0 Å². The molecule has 0 saturated carbocycles. The van der Waals surface area contributed by atoms with Crippen molar-refractivity contribution in [3.05, 3.63) is 12.4 Å². The van der Waals surface area contributed by atoms with Crippen LogP contribution in [0, 0.1) is 0 Å². The lowest BCUT2D eigenvalue weighted by Crippen LogP contribution is -2.34. The molecule has 0 atom stereocenters. The molecule has 1 N–H and O–H groups in total. The van der Waals surface area contributed by atoms with Crippen molar-refractivity contribution >= 4 is 0 Å². The van der Waals surface area contributed by atoms with E-state index < -0.39 is 0 Å². The summed E-state index contributed by atoms with van der Waals surface area (Å²) in [6, 6.07) is 0. The third kappa shape index (κ3) is 4.10. The smallest absolute Gasteiger partial charge is 0.0895 e. The van der Waals surface area contributed by atoms with Crippen LogP contribution in [0.5, 0.6) is 0 Å². The van der Waals surface area contributed by atoms with E-state index in [4.69, 9.17) is 5.11 Å².